The lowest BCUT2D eigenvalue weighted by molar-refractivity contribution is 0.0341. The second-order valence-corrected chi connectivity index (χ2v) is 6.67. The van der Waals surface area contributed by atoms with Crippen LogP contribution in [0, 0.1) is 5.92 Å². The summed E-state index contributed by atoms with van der Waals surface area (Å²) < 4.78 is 5.50. The Morgan fingerprint density at radius 1 is 1.25 bits per heavy atom. The Morgan fingerprint density at radius 2 is 1.95 bits per heavy atom. The molecule has 20 heavy (non-hydrogen) atoms. The molecule has 2 N–H and O–H groups in total. The zero-order valence-electron chi connectivity index (χ0n) is 13.8. The molecular weight excluding hydrogens is 252 g/mol. The van der Waals surface area contributed by atoms with Crippen LogP contribution in [-0.4, -0.2) is 61.5 Å². The summed E-state index contributed by atoms with van der Waals surface area (Å²) >= 11 is 0. The van der Waals surface area contributed by atoms with Gasteiger partial charge in [0, 0.05) is 31.8 Å². The Balaban J connectivity index is 1.92. The standard InChI is InChI=1S/C16H34N2O2/c1-13(2)6-5-9-20-12-16(19)11-17-10-14(3)18(4)15-7-8-15/h13-17,19H,5-12H2,1-4H3. The predicted octanol–water partition coefficient (Wildman–Crippen LogP) is 1.87. The van der Waals surface area contributed by atoms with Crippen molar-refractivity contribution in [1.82, 2.24) is 10.2 Å². The van der Waals surface area contributed by atoms with Crippen LogP contribution >= 0.6 is 0 Å². The second kappa shape index (κ2) is 9.72. The van der Waals surface area contributed by atoms with Crippen molar-refractivity contribution in [2.24, 2.45) is 5.92 Å². The van der Waals surface area contributed by atoms with E-state index in [1.54, 1.807) is 0 Å². The smallest absolute Gasteiger partial charge is 0.0897 e. The second-order valence-electron chi connectivity index (χ2n) is 6.67. The van der Waals surface area contributed by atoms with Gasteiger partial charge in [0.25, 0.3) is 0 Å². The Kier molecular flexibility index (Phi) is 8.69. The first-order chi connectivity index (χ1) is 9.50. The molecule has 120 valence electrons. The van der Waals surface area contributed by atoms with Gasteiger partial charge in [-0.15, -0.1) is 0 Å². The van der Waals surface area contributed by atoms with Crippen LogP contribution in [0.25, 0.3) is 0 Å². The van der Waals surface area contributed by atoms with Crippen molar-refractivity contribution < 1.29 is 9.84 Å². The summed E-state index contributed by atoms with van der Waals surface area (Å²) in [5.41, 5.74) is 0. The maximum atomic E-state index is 9.83. The minimum atomic E-state index is -0.396. The molecule has 0 bridgehead atoms. The number of aliphatic hydroxyl groups excluding tert-OH is 1. The molecule has 1 saturated carbocycles. The van der Waals surface area contributed by atoms with Gasteiger partial charge < -0.3 is 15.2 Å². The summed E-state index contributed by atoms with van der Waals surface area (Å²) in [5, 5.41) is 13.2. The molecule has 0 aromatic rings. The number of hydrogen-bond acceptors (Lipinski definition) is 4. The van der Waals surface area contributed by atoms with Crippen LogP contribution in [0.15, 0.2) is 0 Å². The Bertz CT molecular complexity index is 245. The minimum absolute atomic E-state index is 0.396. The van der Waals surface area contributed by atoms with Gasteiger partial charge in [-0.1, -0.05) is 13.8 Å². The molecule has 2 atom stereocenters. The van der Waals surface area contributed by atoms with E-state index < -0.39 is 6.10 Å². The highest BCUT2D eigenvalue weighted by molar-refractivity contribution is 4.85. The van der Waals surface area contributed by atoms with Gasteiger partial charge in [0.1, 0.15) is 0 Å². The quantitative estimate of drug-likeness (QED) is 0.538. The summed E-state index contributed by atoms with van der Waals surface area (Å²) in [7, 11) is 2.19. The summed E-state index contributed by atoms with van der Waals surface area (Å²) in [6.45, 7) is 9.43. The maximum absolute atomic E-state index is 9.83. The molecule has 4 nitrogen and oxygen atoms in total. The maximum Gasteiger partial charge on any atom is 0.0897 e. The van der Waals surface area contributed by atoms with Gasteiger partial charge in [0.15, 0.2) is 0 Å². The molecule has 0 saturated heterocycles. The van der Waals surface area contributed by atoms with Crippen molar-refractivity contribution in [2.45, 2.75) is 64.6 Å². The predicted molar refractivity (Wildman–Crippen MR) is 84.0 cm³/mol. The van der Waals surface area contributed by atoms with E-state index in [1.165, 1.54) is 19.3 Å². The Labute approximate surface area is 124 Å². The zero-order chi connectivity index (χ0) is 15.0. The van der Waals surface area contributed by atoms with Gasteiger partial charge in [-0.3, -0.25) is 4.90 Å². The van der Waals surface area contributed by atoms with Crippen LogP contribution < -0.4 is 5.32 Å². The van der Waals surface area contributed by atoms with Crippen LogP contribution in [0.2, 0.25) is 0 Å². The highest BCUT2D eigenvalue weighted by atomic mass is 16.5. The fraction of sp³-hybridized carbons (Fsp3) is 1.00. The SMILES string of the molecule is CC(C)CCCOCC(O)CNCC(C)N(C)C1CC1. The molecule has 1 aliphatic rings. The molecule has 2 unspecified atom stereocenters. The van der Waals surface area contributed by atoms with Crippen molar-refractivity contribution >= 4 is 0 Å². The highest BCUT2D eigenvalue weighted by Crippen LogP contribution is 2.26. The highest BCUT2D eigenvalue weighted by Gasteiger charge is 2.28. The first kappa shape index (κ1) is 17.9. The number of nitrogens with zero attached hydrogens (tertiary/aromatic N) is 1. The topological polar surface area (TPSA) is 44.7 Å². The van der Waals surface area contributed by atoms with E-state index in [4.69, 9.17) is 4.74 Å². The average molecular weight is 286 g/mol. The molecule has 0 heterocycles. The first-order valence-electron chi connectivity index (χ1n) is 8.19. The minimum Gasteiger partial charge on any atom is -0.389 e. The fourth-order valence-corrected chi connectivity index (χ4v) is 2.32. The van der Waals surface area contributed by atoms with Gasteiger partial charge in [-0.25, -0.2) is 0 Å². The molecule has 1 aliphatic carbocycles. The molecule has 0 spiro atoms. The fourth-order valence-electron chi connectivity index (χ4n) is 2.32. The summed E-state index contributed by atoms with van der Waals surface area (Å²) in [5.74, 6) is 0.732. The monoisotopic (exact) mass is 286 g/mol. The van der Waals surface area contributed by atoms with E-state index in [-0.39, 0.29) is 0 Å². The molecule has 0 radical (unpaired) electrons. The van der Waals surface area contributed by atoms with Crippen LogP contribution in [-0.2, 0) is 4.74 Å². The number of hydrogen-bond donors (Lipinski definition) is 2. The molecule has 4 heteroatoms. The van der Waals surface area contributed by atoms with Crippen LogP contribution in [0.3, 0.4) is 0 Å². The largest absolute Gasteiger partial charge is 0.389 e. The van der Waals surface area contributed by atoms with E-state index in [0.29, 0.717) is 19.2 Å². The summed E-state index contributed by atoms with van der Waals surface area (Å²) in [4.78, 5) is 2.43. The van der Waals surface area contributed by atoms with E-state index in [1.807, 2.05) is 0 Å². The Hall–Kier alpha value is -0.160. The molecule has 1 fully saturated rings. The third-order valence-corrected chi connectivity index (χ3v) is 4.02. The summed E-state index contributed by atoms with van der Waals surface area (Å²) in [6.07, 6.45) is 4.56. The van der Waals surface area contributed by atoms with Crippen molar-refractivity contribution in [3.8, 4) is 0 Å². The van der Waals surface area contributed by atoms with Gasteiger partial charge in [0.05, 0.1) is 12.7 Å². The zero-order valence-corrected chi connectivity index (χ0v) is 13.8. The van der Waals surface area contributed by atoms with E-state index in [0.717, 1.165) is 31.5 Å². The lowest BCUT2D eigenvalue weighted by Gasteiger charge is -2.25. The van der Waals surface area contributed by atoms with Crippen molar-refractivity contribution in [1.29, 1.82) is 0 Å². The molecule has 0 aromatic carbocycles. The van der Waals surface area contributed by atoms with Gasteiger partial charge in [-0.2, -0.15) is 0 Å². The third-order valence-electron chi connectivity index (χ3n) is 4.02. The van der Waals surface area contributed by atoms with Crippen molar-refractivity contribution in [3.05, 3.63) is 0 Å². The Morgan fingerprint density at radius 3 is 2.55 bits per heavy atom. The molecule has 0 aromatic heterocycles. The van der Waals surface area contributed by atoms with E-state index >= 15 is 0 Å². The number of rotatable bonds is 12. The van der Waals surface area contributed by atoms with E-state index in [2.05, 4.69) is 38.0 Å². The van der Waals surface area contributed by atoms with Gasteiger partial charge >= 0.3 is 0 Å². The normalized spacial score (nSPS) is 18.8. The molecule has 1 rings (SSSR count). The number of likely N-dealkylation sites (N-methyl/N-ethyl adjacent to an activating group) is 1. The van der Waals surface area contributed by atoms with Gasteiger partial charge in [0.2, 0.25) is 0 Å². The van der Waals surface area contributed by atoms with Crippen LogP contribution in [0.1, 0.15) is 46.5 Å². The summed E-state index contributed by atoms with van der Waals surface area (Å²) in [6, 6.07) is 1.32. The number of ether oxygens (including phenoxy) is 1. The third kappa shape index (κ3) is 8.20. The van der Waals surface area contributed by atoms with Gasteiger partial charge in [-0.05, 0) is 45.6 Å². The average Bonchev–Trinajstić information content (AvgIpc) is 3.21. The van der Waals surface area contributed by atoms with Crippen molar-refractivity contribution in [2.75, 3.05) is 33.4 Å². The van der Waals surface area contributed by atoms with Crippen LogP contribution in [0.4, 0.5) is 0 Å². The molecular formula is C16H34N2O2. The number of nitrogens with one attached hydrogen (secondary N) is 1. The first-order valence-corrected chi connectivity index (χ1v) is 8.19. The number of aliphatic hydroxyl groups is 1. The van der Waals surface area contributed by atoms with E-state index in [9.17, 15) is 5.11 Å². The lowest BCUT2D eigenvalue weighted by Crippen LogP contribution is -2.41. The van der Waals surface area contributed by atoms with Crippen LogP contribution in [0.5, 0.6) is 0 Å². The molecule has 0 amide bonds. The van der Waals surface area contributed by atoms with Crippen molar-refractivity contribution in [3.63, 3.8) is 0 Å². The lowest BCUT2D eigenvalue weighted by atomic mass is 10.1. The molecule has 0 aliphatic heterocycles.